The number of carbonyl (C=O) groups is 1. The molecule has 0 saturated carbocycles. The molecule has 1 unspecified atom stereocenters. The van der Waals surface area contributed by atoms with Crippen molar-refractivity contribution in [3.8, 4) is 5.75 Å². The van der Waals surface area contributed by atoms with E-state index in [0.29, 0.717) is 6.61 Å². The molecule has 0 amide bonds. The van der Waals surface area contributed by atoms with Gasteiger partial charge < -0.3 is 14.7 Å². The zero-order valence-electron chi connectivity index (χ0n) is 11.4. The van der Waals surface area contributed by atoms with Crippen LogP contribution in [-0.2, 0) is 4.79 Å². The van der Waals surface area contributed by atoms with Crippen molar-refractivity contribution in [2.75, 3.05) is 20.7 Å². The minimum Gasteiger partial charge on any atom is -0.492 e. The molecule has 0 saturated heterocycles. The number of aliphatic carboxylic acids is 1. The average molecular weight is 251 g/mol. The Morgan fingerprint density at radius 1 is 1.39 bits per heavy atom. The number of ether oxygens (including phenoxy) is 1. The largest absolute Gasteiger partial charge is 0.492 e. The molecule has 0 aromatic heterocycles. The van der Waals surface area contributed by atoms with E-state index in [9.17, 15) is 4.79 Å². The van der Waals surface area contributed by atoms with E-state index in [2.05, 4.69) is 6.07 Å². The van der Waals surface area contributed by atoms with Gasteiger partial charge in [0.25, 0.3) is 0 Å². The lowest BCUT2D eigenvalue weighted by molar-refractivity contribution is -0.138. The number of hydrogen-bond acceptors (Lipinski definition) is 3. The molecular weight excluding hydrogens is 230 g/mol. The van der Waals surface area contributed by atoms with Gasteiger partial charge in [0, 0.05) is 0 Å². The smallest absolute Gasteiger partial charge is 0.305 e. The highest BCUT2D eigenvalue weighted by molar-refractivity contribution is 5.67. The molecule has 1 rings (SSSR count). The standard InChI is InChI=1S/C14H21NO3/c1-10-5-6-13(11(2)7-10)18-9-12(15(3)4)8-14(16)17/h5-7,12H,8-9H2,1-4H3,(H,16,17). The molecule has 0 fully saturated rings. The second kappa shape index (κ2) is 6.40. The molecule has 1 aromatic rings. The van der Waals surface area contributed by atoms with Gasteiger partial charge in [-0.1, -0.05) is 17.7 Å². The van der Waals surface area contributed by atoms with Crippen molar-refractivity contribution < 1.29 is 14.6 Å². The molecule has 1 aromatic carbocycles. The first-order valence-corrected chi connectivity index (χ1v) is 5.98. The van der Waals surface area contributed by atoms with Crippen molar-refractivity contribution in [3.05, 3.63) is 29.3 Å². The van der Waals surface area contributed by atoms with E-state index >= 15 is 0 Å². The first kappa shape index (κ1) is 14.5. The van der Waals surface area contributed by atoms with Crippen molar-refractivity contribution in [3.63, 3.8) is 0 Å². The van der Waals surface area contributed by atoms with E-state index in [1.54, 1.807) is 0 Å². The molecule has 0 bridgehead atoms. The van der Waals surface area contributed by atoms with Crippen LogP contribution in [0.1, 0.15) is 17.5 Å². The molecule has 1 atom stereocenters. The van der Waals surface area contributed by atoms with Crippen molar-refractivity contribution >= 4 is 5.97 Å². The molecule has 0 aliphatic carbocycles. The summed E-state index contributed by atoms with van der Waals surface area (Å²) >= 11 is 0. The zero-order valence-corrected chi connectivity index (χ0v) is 11.4. The maximum Gasteiger partial charge on any atom is 0.305 e. The van der Waals surface area contributed by atoms with Crippen LogP contribution in [0.4, 0.5) is 0 Å². The molecular formula is C14H21NO3. The summed E-state index contributed by atoms with van der Waals surface area (Å²) < 4.78 is 5.71. The van der Waals surface area contributed by atoms with E-state index in [1.807, 2.05) is 45.0 Å². The summed E-state index contributed by atoms with van der Waals surface area (Å²) in [6.45, 7) is 4.40. The molecule has 0 radical (unpaired) electrons. The molecule has 0 aliphatic heterocycles. The van der Waals surface area contributed by atoms with Gasteiger partial charge in [-0.15, -0.1) is 0 Å². The van der Waals surface area contributed by atoms with Gasteiger partial charge in [0.1, 0.15) is 12.4 Å². The molecule has 18 heavy (non-hydrogen) atoms. The third kappa shape index (κ3) is 4.37. The van der Waals surface area contributed by atoms with Crippen LogP contribution in [0.2, 0.25) is 0 Å². The molecule has 0 aliphatic rings. The van der Waals surface area contributed by atoms with Gasteiger partial charge in [-0.2, -0.15) is 0 Å². The monoisotopic (exact) mass is 251 g/mol. The first-order valence-electron chi connectivity index (χ1n) is 5.98. The minimum absolute atomic E-state index is 0.0813. The van der Waals surface area contributed by atoms with Gasteiger partial charge in [-0.3, -0.25) is 4.79 Å². The van der Waals surface area contributed by atoms with Crippen molar-refractivity contribution in [2.45, 2.75) is 26.3 Å². The van der Waals surface area contributed by atoms with Crippen LogP contribution < -0.4 is 4.74 Å². The Balaban J connectivity index is 2.64. The number of likely N-dealkylation sites (N-methyl/N-ethyl adjacent to an activating group) is 1. The second-order valence-corrected chi connectivity index (χ2v) is 4.80. The van der Waals surface area contributed by atoms with Crippen molar-refractivity contribution in [1.29, 1.82) is 0 Å². The lowest BCUT2D eigenvalue weighted by Crippen LogP contribution is -2.35. The predicted octanol–water partition coefficient (Wildman–Crippen LogP) is 2.09. The molecule has 100 valence electrons. The van der Waals surface area contributed by atoms with E-state index in [4.69, 9.17) is 9.84 Å². The summed E-state index contributed by atoms with van der Waals surface area (Å²) in [6, 6.07) is 5.85. The summed E-state index contributed by atoms with van der Waals surface area (Å²) in [4.78, 5) is 12.6. The van der Waals surface area contributed by atoms with Crippen LogP contribution in [-0.4, -0.2) is 42.7 Å². The van der Waals surface area contributed by atoms with Crippen LogP contribution in [0.3, 0.4) is 0 Å². The highest BCUT2D eigenvalue weighted by Gasteiger charge is 2.16. The Hall–Kier alpha value is -1.55. The van der Waals surface area contributed by atoms with Gasteiger partial charge >= 0.3 is 5.97 Å². The average Bonchev–Trinajstić information content (AvgIpc) is 2.25. The van der Waals surface area contributed by atoms with Gasteiger partial charge in [0.2, 0.25) is 0 Å². The molecule has 4 nitrogen and oxygen atoms in total. The lowest BCUT2D eigenvalue weighted by Gasteiger charge is -2.23. The van der Waals surface area contributed by atoms with E-state index in [1.165, 1.54) is 5.56 Å². The van der Waals surface area contributed by atoms with Gasteiger partial charge in [0.05, 0.1) is 12.5 Å². The quantitative estimate of drug-likeness (QED) is 0.841. The molecule has 1 N–H and O–H groups in total. The minimum atomic E-state index is -0.807. The van der Waals surface area contributed by atoms with Crippen molar-refractivity contribution in [1.82, 2.24) is 4.90 Å². The first-order chi connectivity index (χ1) is 8.40. The van der Waals surface area contributed by atoms with E-state index in [-0.39, 0.29) is 12.5 Å². The third-order valence-corrected chi connectivity index (χ3v) is 2.90. The molecule has 0 spiro atoms. The maximum atomic E-state index is 10.8. The Morgan fingerprint density at radius 3 is 2.56 bits per heavy atom. The summed E-state index contributed by atoms with van der Waals surface area (Å²) in [5.41, 5.74) is 2.26. The highest BCUT2D eigenvalue weighted by atomic mass is 16.5. The summed E-state index contributed by atoms with van der Waals surface area (Å²) in [6.07, 6.45) is 0.0813. The SMILES string of the molecule is Cc1ccc(OCC(CC(=O)O)N(C)C)c(C)c1. The van der Waals surface area contributed by atoms with E-state index in [0.717, 1.165) is 11.3 Å². The van der Waals surface area contributed by atoms with Gasteiger partial charge in [0.15, 0.2) is 0 Å². The number of rotatable bonds is 6. The normalized spacial score (nSPS) is 12.5. The van der Waals surface area contributed by atoms with Crippen LogP contribution in [0.25, 0.3) is 0 Å². The predicted molar refractivity (Wildman–Crippen MR) is 71.1 cm³/mol. The molecule has 0 heterocycles. The summed E-state index contributed by atoms with van der Waals surface area (Å²) in [5, 5.41) is 8.84. The van der Waals surface area contributed by atoms with Gasteiger partial charge in [-0.05, 0) is 39.6 Å². The van der Waals surface area contributed by atoms with Gasteiger partial charge in [-0.25, -0.2) is 0 Å². The van der Waals surface area contributed by atoms with E-state index < -0.39 is 5.97 Å². The Kier molecular flexibility index (Phi) is 5.16. The summed E-state index contributed by atoms with van der Waals surface area (Å²) in [5.74, 6) is 0.00997. The fraction of sp³-hybridized carbons (Fsp3) is 0.500. The number of nitrogens with zero attached hydrogens (tertiary/aromatic N) is 1. The van der Waals surface area contributed by atoms with Crippen LogP contribution in [0.15, 0.2) is 18.2 Å². The number of benzene rings is 1. The Morgan fingerprint density at radius 2 is 2.06 bits per heavy atom. The second-order valence-electron chi connectivity index (χ2n) is 4.80. The van der Waals surface area contributed by atoms with Crippen molar-refractivity contribution in [2.24, 2.45) is 0 Å². The fourth-order valence-corrected chi connectivity index (χ4v) is 1.74. The number of aryl methyl sites for hydroxylation is 2. The topological polar surface area (TPSA) is 49.8 Å². The Labute approximate surface area is 108 Å². The number of hydrogen-bond donors (Lipinski definition) is 1. The molecule has 4 heteroatoms. The zero-order chi connectivity index (χ0) is 13.7. The number of carboxylic acids is 1. The highest BCUT2D eigenvalue weighted by Crippen LogP contribution is 2.19. The lowest BCUT2D eigenvalue weighted by atomic mass is 10.1. The summed E-state index contributed by atoms with van der Waals surface area (Å²) in [7, 11) is 3.72. The Bertz CT molecular complexity index is 416. The number of carboxylic acid groups (broad SMARTS) is 1. The third-order valence-electron chi connectivity index (χ3n) is 2.90. The maximum absolute atomic E-state index is 10.8. The van der Waals surface area contributed by atoms with Crippen LogP contribution in [0.5, 0.6) is 5.75 Å². The van der Waals surface area contributed by atoms with Crippen LogP contribution in [0, 0.1) is 13.8 Å². The van der Waals surface area contributed by atoms with Crippen LogP contribution >= 0.6 is 0 Å². The fourth-order valence-electron chi connectivity index (χ4n) is 1.74.